The lowest BCUT2D eigenvalue weighted by molar-refractivity contribution is 0.0297. The zero-order chi connectivity index (χ0) is 19.0. The summed E-state index contributed by atoms with van der Waals surface area (Å²) in [7, 11) is 0. The van der Waals surface area contributed by atoms with Gasteiger partial charge in [-0.2, -0.15) is 0 Å². The summed E-state index contributed by atoms with van der Waals surface area (Å²) in [5, 5.41) is 3.18. The summed E-state index contributed by atoms with van der Waals surface area (Å²) in [6.45, 7) is 4.14. The molecule has 6 nitrogen and oxygen atoms in total. The van der Waals surface area contributed by atoms with Crippen molar-refractivity contribution in [3.05, 3.63) is 58.8 Å². The summed E-state index contributed by atoms with van der Waals surface area (Å²) in [6.07, 6.45) is 1.56. The number of anilines is 2. The van der Waals surface area contributed by atoms with Gasteiger partial charge in [0, 0.05) is 24.5 Å². The molecule has 0 saturated carbocycles. The van der Waals surface area contributed by atoms with Crippen LogP contribution in [0, 0.1) is 12.7 Å². The fraction of sp³-hybridized carbons (Fsp3) is 0.263. The van der Waals surface area contributed by atoms with E-state index < -0.39 is 5.82 Å². The summed E-state index contributed by atoms with van der Waals surface area (Å²) in [5.74, 6) is 0.00101. The van der Waals surface area contributed by atoms with Gasteiger partial charge in [0.1, 0.15) is 11.5 Å². The molecule has 4 rings (SSSR count). The van der Waals surface area contributed by atoms with Crippen LogP contribution in [-0.2, 0) is 4.74 Å². The fourth-order valence-corrected chi connectivity index (χ4v) is 3.36. The second kappa shape index (κ2) is 7.17. The van der Waals surface area contributed by atoms with Gasteiger partial charge >= 0.3 is 0 Å². The summed E-state index contributed by atoms with van der Waals surface area (Å²) >= 11 is 5.85. The first kappa shape index (κ1) is 17.8. The third kappa shape index (κ3) is 3.36. The summed E-state index contributed by atoms with van der Waals surface area (Å²) in [6, 6.07) is 8.20. The van der Waals surface area contributed by atoms with Crippen LogP contribution >= 0.6 is 11.6 Å². The van der Waals surface area contributed by atoms with Crippen LogP contribution in [0.15, 0.2) is 36.5 Å². The van der Waals surface area contributed by atoms with E-state index in [0.717, 1.165) is 11.2 Å². The largest absolute Gasteiger partial charge is 0.378 e. The number of fused-ring (bicyclic) bond motifs is 1. The molecule has 0 aliphatic carbocycles. The van der Waals surface area contributed by atoms with E-state index in [9.17, 15) is 9.18 Å². The maximum Gasteiger partial charge on any atom is 0.272 e. The Hall–Kier alpha value is -2.64. The minimum Gasteiger partial charge on any atom is -0.378 e. The van der Waals surface area contributed by atoms with E-state index in [4.69, 9.17) is 16.3 Å². The number of nitrogens with zero attached hydrogens (tertiary/aromatic N) is 3. The Morgan fingerprint density at radius 3 is 2.78 bits per heavy atom. The normalized spacial score (nSPS) is 14.6. The minimum absolute atomic E-state index is 0.0294. The molecule has 0 bridgehead atoms. The smallest absolute Gasteiger partial charge is 0.272 e. The Bertz CT molecular complexity index is 1010. The first-order valence-electron chi connectivity index (χ1n) is 8.61. The number of amides is 1. The predicted octanol–water partition coefficient (Wildman–Crippen LogP) is 3.65. The molecule has 3 aromatic rings. The van der Waals surface area contributed by atoms with Gasteiger partial charge in [0.25, 0.3) is 5.91 Å². The molecule has 1 aromatic carbocycles. The van der Waals surface area contributed by atoms with Crippen molar-refractivity contribution in [2.45, 2.75) is 6.92 Å². The molecule has 1 amide bonds. The number of nitrogens with one attached hydrogen (secondary N) is 1. The maximum absolute atomic E-state index is 13.4. The first-order valence-corrected chi connectivity index (χ1v) is 8.98. The Morgan fingerprint density at radius 1 is 1.26 bits per heavy atom. The van der Waals surface area contributed by atoms with Crippen molar-refractivity contribution < 1.29 is 13.9 Å². The topological polar surface area (TPSA) is 58.9 Å². The number of carbonyl (C=O) groups is 1. The molecular formula is C19H18ClFN4O2. The number of halogens is 2. The molecule has 0 atom stereocenters. The number of aryl methyl sites for hydroxylation is 1. The molecule has 1 saturated heterocycles. The van der Waals surface area contributed by atoms with Gasteiger partial charge in [0.15, 0.2) is 5.82 Å². The van der Waals surface area contributed by atoms with Crippen LogP contribution in [0.5, 0.6) is 0 Å². The Morgan fingerprint density at radius 2 is 2.04 bits per heavy atom. The fourth-order valence-electron chi connectivity index (χ4n) is 3.18. The van der Waals surface area contributed by atoms with Gasteiger partial charge < -0.3 is 19.4 Å². The monoisotopic (exact) mass is 388 g/mol. The number of ether oxygens (including phenoxy) is 1. The quantitative estimate of drug-likeness (QED) is 0.744. The molecule has 1 fully saturated rings. The number of morpholine rings is 1. The standard InChI is InChI=1S/C19H18ClFN4O2/c1-12-2-5-16-18(23-13-3-4-15(21)14(20)10-13)22-11-17(25(12)16)19(26)24-6-8-27-9-7-24/h2-5,10-11H,6-9H2,1H3,(H,22,23). The average Bonchev–Trinajstić information content (AvgIpc) is 3.08. The number of rotatable bonds is 3. The second-order valence-electron chi connectivity index (χ2n) is 6.35. The van der Waals surface area contributed by atoms with Crippen LogP contribution in [0.4, 0.5) is 15.9 Å². The van der Waals surface area contributed by atoms with E-state index in [0.29, 0.717) is 43.5 Å². The van der Waals surface area contributed by atoms with Crippen molar-refractivity contribution >= 4 is 34.5 Å². The molecule has 27 heavy (non-hydrogen) atoms. The number of aromatic nitrogens is 2. The molecule has 2 aromatic heterocycles. The lowest BCUT2D eigenvalue weighted by atomic mass is 10.3. The van der Waals surface area contributed by atoms with Gasteiger partial charge in [-0.25, -0.2) is 9.37 Å². The molecule has 1 N–H and O–H groups in total. The Labute approximate surface area is 160 Å². The number of benzene rings is 1. The maximum atomic E-state index is 13.4. The van der Waals surface area contributed by atoms with Crippen LogP contribution < -0.4 is 5.32 Å². The number of hydrogen-bond donors (Lipinski definition) is 1. The van der Waals surface area contributed by atoms with Crippen molar-refractivity contribution in [3.8, 4) is 0 Å². The van der Waals surface area contributed by atoms with E-state index in [1.54, 1.807) is 17.2 Å². The third-order valence-corrected chi connectivity index (χ3v) is 4.86. The van der Waals surface area contributed by atoms with E-state index in [2.05, 4.69) is 10.3 Å². The van der Waals surface area contributed by atoms with Gasteiger partial charge in [0.2, 0.25) is 0 Å². The molecule has 0 spiro atoms. The summed E-state index contributed by atoms with van der Waals surface area (Å²) < 4.78 is 20.6. The van der Waals surface area contributed by atoms with Gasteiger partial charge in [-0.05, 0) is 37.3 Å². The van der Waals surface area contributed by atoms with Crippen molar-refractivity contribution in [1.82, 2.24) is 14.3 Å². The van der Waals surface area contributed by atoms with Crippen molar-refractivity contribution in [2.75, 3.05) is 31.6 Å². The zero-order valence-corrected chi connectivity index (χ0v) is 15.5. The zero-order valence-electron chi connectivity index (χ0n) is 14.7. The highest BCUT2D eigenvalue weighted by Gasteiger charge is 2.22. The van der Waals surface area contributed by atoms with E-state index in [-0.39, 0.29) is 10.9 Å². The van der Waals surface area contributed by atoms with Crippen molar-refractivity contribution in [3.63, 3.8) is 0 Å². The lowest BCUT2D eigenvalue weighted by Gasteiger charge is -2.27. The van der Waals surface area contributed by atoms with Crippen LogP contribution in [0.2, 0.25) is 5.02 Å². The molecule has 140 valence electrons. The van der Waals surface area contributed by atoms with Gasteiger partial charge in [0.05, 0.1) is 29.9 Å². The summed E-state index contributed by atoms with van der Waals surface area (Å²) in [4.78, 5) is 19.2. The summed E-state index contributed by atoms with van der Waals surface area (Å²) in [5.41, 5.74) is 2.79. The highest BCUT2D eigenvalue weighted by Crippen LogP contribution is 2.26. The van der Waals surface area contributed by atoms with Gasteiger partial charge in [-0.15, -0.1) is 0 Å². The van der Waals surface area contributed by atoms with Crippen LogP contribution in [0.3, 0.4) is 0 Å². The molecular weight excluding hydrogens is 371 g/mol. The highest BCUT2D eigenvalue weighted by atomic mass is 35.5. The molecule has 1 aliphatic rings. The SMILES string of the molecule is Cc1ccc2c(Nc3ccc(F)c(Cl)c3)ncc(C(=O)N3CCOCC3)n12. The number of carbonyl (C=O) groups excluding carboxylic acids is 1. The van der Waals surface area contributed by atoms with Crippen LogP contribution in [0.25, 0.3) is 5.52 Å². The minimum atomic E-state index is -0.481. The first-order chi connectivity index (χ1) is 13.0. The molecule has 0 unspecified atom stereocenters. The highest BCUT2D eigenvalue weighted by molar-refractivity contribution is 6.31. The molecule has 8 heteroatoms. The lowest BCUT2D eigenvalue weighted by Crippen LogP contribution is -2.41. The number of hydrogen-bond acceptors (Lipinski definition) is 4. The van der Waals surface area contributed by atoms with Crippen molar-refractivity contribution in [1.29, 1.82) is 0 Å². The Kier molecular flexibility index (Phi) is 4.72. The van der Waals surface area contributed by atoms with E-state index in [1.165, 1.54) is 12.1 Å². The molecule has 3 heterocycles. The second-order valence-corrected chi connectivity index (χ2v) is 6.75. The van der Waals surface area contributed by atoms with Crippen LogP contribution in [-0.4, -0.2) is 46.5 Å². The van der Waals surface area contributed by atoms with Crippen molar-refractivity contribution in [2.24, 2.45) is 0 Å². The van der Waals surface area contributed by atoms with Gasteiger partial charge in [-0.3, -0.25) is 4.79 Å². The average molecular weight is 389 g/mol. The Balaban J connectivity index is 1.72. The van der Waals surface area contributed by atoms with E-state index >= 15 is 0 Å². The molecule has 1 aliphatic heterocycles. The van der Waals surface area contributed by atoms with E-state index in [1.807, 2.05) is 23.5 Å². The van der Waals surface area contributed by atoms with Gasteiger partial charge in [-0.1, -0.05) is 11.6 Å². The van der Waals surface area contributed by atoms with Crippen LogP contribution in [0.1, 0.15) is 16.2 Å². The third-order valence-electron chi connectivity index (χ3n) is 4.58. The molecule has 0 radical (unpaired) electrons. The predicted molar refractivity (Wildman–Crippen MR) is 101 cm³/mol.